The normalized spacial score (nSPS) is 12.2. The van der Waals surface area contributed by atoms with Gasteiger partial charge in [-0.2, -0.15) is 0 Å². The number of rotatable bonds is 1. The van der Waals surface area contributed by atoms with Crippen molar-refractivity contribution in [2.75, 3.05) is 0 Å². The number of benzene rings is 3. The highest BCUT2D eigenvalue weighted by Gasteiger charge is 2.25. The summed E-state index contributed by atoms with van der Waals surface area (Å²) < 4.78 is 5.94. The zero-order chi connectivity index (χ0) is 18.8. The Morgan fingerprint density at radius 2 is 1.57 bits per heavy atom. The summed E-state index contributed by atoms with van der Waals surface area (Å²) in [6.45, 7) is 0. The first-order chi connectivity index (χ1) is 13.7. The van der Waals surface area contributed by atoms with Gasteiger partial charge in [-0.3, -0.25) is 0 Å². The highest BCUT2D eigenvalue weighted by atomic mass is 35.5. The average Bonchev–Trinajstić information content (AvgIpc) is 3.25. The van der Waals surface area contributed by atoms with Gasteiger partial charge in [0.15, 0.2) is 7.28 Å². The van der Waals surface area contributed by atoms with Crippen LogP contribution in [-0.4, -0.2) is 17.2 Å². The maximum Gasteiger partial charge on any atom is 0.224 e. The number of furan rings is 1. The molecule has 1 aliphatic heterocycles. The van der Waals surface area contributed by atoms with E-state index in [1.165, 1.54) is 0 Å². The number of nitrogens with zero attached hydrogens (tertiary/aromatic N) is 2. The minimum absolute atomic E-state index is 0.154. The summed E-state index contributed by atoms with van der Waals surface area (Å²) in [5.74, 6) is 0. The minimum atomic E-state index is 0.154. The third-order valence-corrected chi connectivity index (χ3v) is 5.65. The number of hydrogen-bond donors (Lipinski definition) is 0. The second kappa shape index (κ2) is 5.84. The molecule has 0 N–H and O–H groups in total. The fourth-order valence-electron chi connectivity index (χ4n) is 3.88. The van der Waals surface area contributed by atoms with Gasteiger partial charge in [0.2, 0.25) is 5.28 Å². The molecule has 1 aliphatic rings. The molecular weight excluding hydrogens is 390 g/mol. The van der Waals surface area contributed by atoms with E-state index in [9.17, 15) is 0 Å². The first-order valence-electron chi connectivity index (χ1n) is 8.81. The van der Waals surface area contributed by atoms with Crippen LogP contribution in [0.3, 0.4) is 0 Å². The van der Waals surface area contributed by atoms with Crippen molar-refractivity contribution < 1.29 is 4.42 Å². The first kappa shape index (κ1) is 16.2. The van der Waals surface area contributed by atoms with Gasteiger partial charge in [-0.1, -0.05) is 53.5 Å². The van der Waals surface area contributed by atoms with Crippen LogP contribution in [0.2, 0.25) is 10.4 Å². The molecule has 131 valence electrons. The van der Waals surface area contributed by atoms with E-state index in [4.69, 9.17) is 27.6 Å². The molecule has 0 spiro atoms. The summed E-state index contributed by atoms with van der Waals surface area (Å²) >= 11 is 12.3. The van der Waals surface area contributed by atoms with E-state index in [2.05, 4.69) is 46.4 Å². The van der Waals surface area contributed by atoms with Crippen molar-refractivity contribution in [3.63, 3.8) is 0 Å². The Kier molecular flexibility index (Phi) is 3.37. The van der Waals surface area contributed by atoms with Crippen LogP contribution in [0.1, 0.15) is 0 Å². The van der Waals surface area contributed by atoms with Crippen LogP contribution in [-0.2, 0) is 0 Å². The van der Waals surface area contributed by atoms with Gasteiger partial charge in [-0.05, 0) is 58.0 Å². The largest absolute Gasteiger partial charge is 0.456 e. The Bertz CT molecular complexity index is 1430. The first-order valence-corrected chi connectivity index (χ1v) is 9.57. The lowest BCUT2D eigenvalue weighted by molar-refractivity contribution is 0.669. The fourth-order valence-corrected chi connectivity index (χ4v) is 4.31. The summed E-state index contributed by atoms with van der Waals surface area (Å²) in [6, 6.07) is 20.7. The van der Waals surface area contributed by atoms with Crippen LogP contribution in [0.15, 0.2) is 65.1 Å². The minimum Gasteiger partial charge on any atom is -0.456 e. The van der Waals surface area contributed by atoms with Gasteiger partial charge >= 0.3 is 0 Å². The summed E-state index contributed by atoms with van der Waals surface area (Å²) in [7, 11) is 2.00. The molecule has 1 radical (unpaired) electrons. The molecule has 0 unspecified atom stereocenters. The van der Waals surface area contributed by atoms with Crippen molar-refractivity contribution in [3.8, 4) is 22.4 Å². The van der Waals surface area contributed by atoms with Crippen LogP contribution in [0.4, 0.5) is 0 Å². The van der Waals surface area contributed by atoms with E-state index in [1.807, 2.05) is 31.5 Å². The highest BCUT2D eigenvalue weighted by molar-refractivity contribution is 6.75. The summed E-state index contributed by atoms with van der Waals surface area (Å²) in [6.07, 6.45) is 0. The third-order valence-electron chi connectivity index (χ3n) is 5.19. The van der Waals surface area contributed by atoms with Crippen LogP contribution < -0.4 is 10.9 Å². The average molecular weight is 400 g/mol. The molecule has 0 atom stereocenters. The molecule has 6 heteroatoms. The van der Waals surface area contributed by atoms with E-state index in [0.717, 1.165) is 55.2 Å². The smallest absolute Gasteiger partial charge is 0.224 e. The van der Waals surface area contributed by atoms with Crippen molar-refractivity contribution in [2.45, 2.75) is 0 Å². The Morgan fingerprint density at radius 3 is 2.50 bits per heavy atom. The lowest BCUT2D eigenvalue weighted by Crippen LogP contribution is -2.22. The molecule has 3 nitrogen and oxygen atoms in total. The second-order valence-corrected chi connectivity index (χ2v) is 7.50. The van der Waals surface area contributed by atoms with Crippen LogP contribution in [0, 0.1) is 0 Å². The number of fused-ring (bicyclic) bond motifs is 6. The van der Waals surface area contributed by atoms with E-state index in [1.54, 1.807) is 0 Å². The molecule has 0 fully saturated rings. The Hall–Kier alpha value is -2.82. The molecular formula is C22H10BCl2N2O. The van der Waals surface area contributed by atoms with E-state index < -0.39 is 0 Å². The standard InChI is InChI=1S/C22H10BCl2N2O/c24-21-19-20(26-22(25)27-21)15-10-11(5-7-16(15)23-19)12-6-8-18-14(9-12)13-3-1-2-4-17(13)28-18/h1-10H. The van der Waals surface area contributed by atoms with Crippen molar-refractivity contribution in [2.24, 2.45) is 0 Å². The highest BCUT2D eigenvalue weighted by Crippen LogP contribution is 2.33. The number of para-hydroxylation sites is 1. The van der Waals surface area contributed by atoms with Crippen LogP contribution in [0.5, 0.6) is 0 Å². The molecule has 0 aliphatic carbocycles. The predicted octanol–water partition coefficient (Wildman–Crippen LogP) is 4.99. The van der Waals surface area contributed by atoms with Crippen molar-refractivity contribution in [3.05, 3.63) is 71.1 Å². The Morgan fingerprint density at radius 1 is 0.786 bits per heavy atom. The van der Waals surface area contributed by atoms with Crippen molar-refractivity contribution in [1.29, 1.82) is 0 Å². The molecule has 0 saturated heterocycles. The number of halogens is 2. The van der Waals surface area contributed by atoms with Gasteiger partial charge in [-0.15, -0.1) is 0 Å². The lowest BCUT2D eigenvalue weighted by atomic mass is 9.68. The Balaban J connectivity index is 1.54. The molecule has 3 aromatic carbocycles. The molecule has 5 aromatic rings. The SMILES string of the molecule is Clc1nc(Cl)c2c(n1)-c1cc(-c3ccc4oc5ccccc5c4c3)ccc1[B]2. The monoisotopic (exact) mass is 399 g/mol. The zero-order valence-electron chi connectivity index (χ0n) is 14.4. The third kappa shape index (κ3) is 2.32. The number of aromatic nitrogens is 2. The molecule has 6 rings (SSSR count). The van der Waals surface area contributed by atoms with E-state index >= 15 is 0 Å². The van der Waals surface area contributed by atoms with Crippen molar-refractivity contribution in [1.82, 2.24) is 9.97 Å². The fraction of sp³-hybridized carbons (Fsp3) is 0. The second-order valence-electron chi connectivity index (χ2n) is 6.80. The molecule has 2 aromatic heterocycles. The lowest BCUT2D eigenvalue weighted by Gasteiger charge is -2.07. The van der Waals surface area contributed by atoms with E-state index in [0.29, 0.717) is 5.15 Å². The van der Waals surface area contributed by atoms with Gasteiger partial charge in [0.1, 0.15) is 16.3 Å². The van der Waals surface area contributed by atoms with E-state index in [-0.39, 0.29) is 5.28 Å². The number of hydrogen-bond acceptors (Lipinski definition) is 3. The van der Waals surface area contributed by atoms with Gasteiger partial charge in [0, 0.05) is 10.8 Å². The van der Waals surface area contributed by atoms with Crippen molar-refractivity contribution >= 4 is 63.3 Å². The van der Waals surface area contributed by atoms with Gasteiger partial charge < -0.3 is 4.42 Å². The van der Waals surface area contributed by atoms with Gasteiger partial charge in [0.25, 0.3) is 0 Å². The predicted molar refractivity (Wildman–Crippen MR) is 115 cm³/mol. The van der Waals surface area contributed by atoms with Crippen LogP contribution in [0.25, 0.3) is 44.3 Å². The maximum absolute atomic E-state index is 6.25. The molecule has 28 heavy (non-hydrogen) atoms. The molecule has 0 saturated carbocycles. The summed E-state index contributed by atoms with van der Waals surface area (Å²) in [4.78, 5) is 8.44. The molecule has 3 heterocycles. The Labute approximate surface area is 171 Å². The van der Waals surface area contributed by atoms with Gasteiger partial charge in [-0.25, -0.2) is 9.97 Å². The molecule has 0 bridgehead atoms. The topological polar surface area (TPSA) is 38.9 Å². The maximum atomic E-state index is 6.25. The zero-order valence-corrected chi connectivity index (χ0v) is 15.9. The summed E-state index contributed by atoms with van der Waals surface area (Å²) in [5, 5.41) is 2.75. The van der Waals surface area contributed by atoms with Gasteiger partial charge in [0.05, 0.1) is 5.69 Å². The quantitative estimate of drug-likeness (QED) is 0.222. The summed E-state index contributed by atoms with van der Waals surface area (Å²) in [5.41, 5.74) is 7.65. The van der Waals surface area contributed by atoms with Crippen LogP contribution >= 0.6 is 23.2 Å². The molecule has 0 amide bonds.